The molecule has 0 unspecified atom stereocenters. The van der Waals surface area contributed by atoms with E-state index in [2.05, 4.69) is 0 Å². The first kappa shape index (κ1) is 19.4. The van der Waals surface area contributed by atoms with Gasteiger partial charge >= 0.3 is 5.97 Å². The predicted octanol–water partition coefficient (Wildman–Crippen LogP) is 3.92. The Labute approximate surface area is 159 Å². The van der Waals surface area contributed by atoms with Gasteiger partial charge in [0.1, 0.15) is 5.58 Å². The van der Waals surface area contributed by atoms with Crippen LogP contribution in [0.1, 0.15) is 56.2 Å². The lowest BCUT2D eigenvalue weighted by molar-refractivity contribution is -0.140. The molecule has 6 heteroatoms. The number of benzene rings is 1. The summed E-state index contributed by atoms with van der Waals surface area (Å²) >= 11 is 0. The van der Waals surface area contributed by atoms with Crippen LogP contribution in [0.25, 0.3) is 11.0 Å². The SMILES string of the molecule is CCOCc1c(C(=O)OCC(=O)N2[C@@H](C)CCC[C@@H]2C)oc2ccccc12. The van der Waals surface area contributed by atoms with E-state index in [1.165, 1.54) is 0 Å². The summed E-state index contributed by atoms with van der Waals surface area (Å²) in [5.41, 5.74) is 1.26. The summed E-state index contributed by atoms with van der Waals surface area (Å²) in [5.74, 6) is -0.686. The molecule has 2 atom stereocenters. The molecule has 1 saturated heterocycles. The highest BCUT2D eigenvalue weighted by atomic mass is 16.5. The molecular weight excluding hydrogens is 346 g/mol. The minimum Gasteiger partial charge on any atom is -0.450 e. The summed E-state index contributed by atoms with van der Waals surface area (Å²) < 4.78 is 16.5. The van der Waals surface area contributed by atoms with Crippen molar-refractivity contribution in [1.82, 2.24) is 4.90 Å². The number of ether oxygens (including phenoxy) is 2. The molecule has 1 aromatic heterocycles. The summed E-state index contributed by atoms with van der Waals surface area (Å²) in [5, 5.41) is 0.822. The lowest BCUT2D eigenvalue weighted by Crippen LogP contribution is -2.49. The fourth-order valence-electron chi connectivity index (χ4n) is 3.79. The largest absolute Gasteiger partial charge is 0.450 e. The highest BCUT2D eigenvalue weighted by Gasteiger charge is 2.30. The fraction of sp³-hybridized carbons (Fsp3) is 0.524. The van der Waals surface area contributed by atoms with Gasteiger partial charge in [-0.3, -0.25) is 4.79 Å². The van der Waals surface area contributed by atoms with Crippen molar-refractivity contribution < 1.29 is 23.5 Å². The Balaban J connectivity index is 1.73. The van der Waals surface area contributed by atoms with Gasteiger partial charge in [0.15, 0.2) is 6.61 Å². The second kappa shape index (κ2) is 8.57. The number of esters is 1. The highest BCUT2D eigenvalue weighted by molar-refractivity contribution is 5.96. The Hall–Kier alpha value is -2.34. The zero-order valence-corrected chi connectivity index (χ0v) is 16.2. The van der Waals surface area contributed by atoms with Crippen LogP contribution < -0.4 is 0 Å². The Morgan fingerprint density at radius 2 is 1.89 bits per heavy atom. The molecule has 27 heavy (non-hydrogen) atoms. The number of fused-ring (bicyclic) bond motifs is 1. The van der Waals surface area contributed by atoms with Gasteiger partial charge in [-0.15, -0.1) is 0 Å². The molecule has 1 aliphatic heterocycles. The molecule has 1 fully saturated rings. The minimum absolute atomic E-state index is 0.109. The van der Waals surface area contributed by atoms with Gasteiger partial charge in [-0.2, -0.15) is 0 Å². The average molecular weight is 373 g/mol. The van der Waals surface area contributed by atoms with Gasteiger partial charge in [-0.05, 0) is 46.1 Å². The van der Waals surface area contributed by atoms with E-state index < -0.39 is 5.97 Å². The molecular formula is C21H27NO5. The number of hydrogen-bond donors (Lipinski definition) is 0. The third-order valence-corrected chi connectivity index (χ3v) is 5.14. The van der Waals surface area contributed by atoms with Gasteiger partial charge in [-0.1, -0.05) is 18.2 Å². The number of carbonyl (C=O) groups excluding carboxylic acids is 2. The molecule has 6 nitrogen and oxygen atoms in total. The molecule has 1 amide bonds. The van der Waals surface area contributed by atoms with Crippen molar-refractivity contribution >= 4 is 22.8 Å². The topological polar surface area (TPSA) is 69.0 Å². The lowest BCUT2D eigenvalue weighted by Gasteiger charge is -2.38. The van der Waals surface area contributed by atoms with Crippen molar-refractivity contribution in [2.24, 2.45) is 0 Å². The molecule has 0 radical (unpaired) electrons. The normalized spacial score (nSPS) is 20.0. The number of hydrogen-bond acceptors (Lipinski definition) is 5. The van der Waals surface area contributed by atoms with E-state index in [1.54, 1.807) is 6.07 Å². The maximum Gasteiger partial charge on any atom is 0.375 e. The second-order valence-corrected chi connectivity index (χ2v) is 7.05. The minimum atomic E-state index is -0.633. The number of carbonyl (C=O) groups is 2. The van der Waals surface area contributed by atoms with Crippen molar-refractivity contribution in [1.29, 1.82) is 0 Å². The van der Waals surface area contributed by atoms with Crippen LogP contribution in [0.5, 0.6) is 0 Å². The quantitative estimate of drug-likeness (QED) is 0.718. The van der Waals surface area contributed by atoms with E-state index in [4.69, 9.17) is 13.9 Å². The Kier molecular flexibility index (Phi) is 6.16. The molecule has 0 bridgehead atoms. The molecule has 1 aromatic carbocycles. The fourth-order valence-corrected chi connectivity index (χ4v) is 3.79. The predicted molar refractivity (Wildman–Crippen MR) is 101 cm³/mol. The number of para-hydroxylation sites is 1. The third kappa shape index (κ3) is 4.16. The number of rotatable bonds is 6. The first-order valence-electron chi connectivity index (χ1n) is 9.59. The van der Waals surface area contributed by atoms with Gasteiger partial charge in [0.2, 0.25) is 5.76 Å². The standard InChI is InChI=1S/C21H27NO5/c1-4-25-12-17-16-10-5-6-11-18(16)27-20(17)21(24)26-13-19(23)22-14(2)8-7-9-15(22)3/h5-6,10-11,14-15H,4,7-9,12-13H2,1-3H3/t14-,15-/m0/s1. The first-order chi connectivity index (χ1) is 13.0. The molecule has 2 heterocycles. The molecule has 0 aliphatic carbocycles. The van der Waals surface area contributed by atoms with Crippen LogP contribution in [0.3, 0.4) is 0 Å². The van der Waals surface area contributed by atoms with Crippen molar-refractivity contribution in [3.63, 3.8) is 0 Å². The summed E-state index contributed by atoms with van der Waals surface area (Å²) in [6, 6.07) is 7.73. The second-order valence-electron chi connectivity index (χ2n) is 7.05. The van der Waals surface area contributed by atoms with E-state index in [0.29, 0.717) is 17.8 Å². The monoisotopic (exact) mass is 373 g/mol. The molecule has 0 spiro atoms. The number of piperidine rings is 1. The van der Waals surface area contributed by atoms with Gasteiger partial charge in [0.25, 0.3) is 5.91 Å². The molecule has 1 aliphatic rings. The summed E-state index contributed by atoms with van der Waals surface area (Å²) in [6.45, 7) is 6.46. The van der Waals surface area contributed by atoms with Crippen molar-refractivity contribution in [3.05, 3.63) is 35.6 Å². The van der Waals surface area contributed by atoms with Gasteiger partial charge in [0, 0.05) is 29.6 Å². The Bertz CT molecular complexity index is 802. The van der Waals surface area contributed by atoms with E-state index in [-0.39, 0.29) is 37.0 Å². The van der Waals surface area contributed by atoms with E-state index in [1.807, 2.05) is 43.9 Å². The van der Waals surface area contributed by atoms with Gasteiger partial charge in [0.05, 0.1) is 6.61 Å². The van der Waals surface area contributed by atoms with Crippen LogP contribution in [0.4, 0.5) is 0 Å². The van der Waals surface area contributed by atoms with E-state index >= 15 is 0 Å². The Morgan fingerprint density at radius 1 is 1.19 bits per heavy atom. The molecule has 146 valence electrons. The molecule has 0 N–H and O–H groups in total. The van der Waals surface area contributed by atoms with Crippen LogP contribution >= 0.6 is 0 Å². The third-order valence-electron chi connectivity index (χ3n) is 5.14. The summed E-state index contributed by atoms with van der Waals surface area (Å²) in [4.78, 5) is 27.0. The maximum absolute atomic E-state index is 12.6. The van der Waals surface area contributed by atoms with Gasteiger partial charge in [-0.25, -0.2) is 4.79 Å². The van der Waals surface area contributed by atoms with Crippen LogP contribution in [-0.2, 0) is 20.9 Å². The zero-order chi connectivity index (χ0) is 19.4. The smallest absolute Gasteiger partial charge is 0.375 e. The number of likely N-dealkylation sites (tertiary alicyclic amines) is 1. The highest BCUT2D eigenvalue weighted by Crippen LogP contribution is 2.27. The summed E-state index contributed by atoms with van der Waals surface area (Å²) in [7, 11) is 0. The van der Waals surface area contributed by atoms with Crippen molar-refractivity contribution in [2.45, 2.75) is 58.7 Å². The van der Waals surface area contributed by atoms with Crippen molar-refractivity contribution in [3.8, 4) is 0 Å². The first-order valence-corrected chi connectivity index (χ1v) is 9.59. The molecule has 0 saturated carbocycles. The average Bonchev–Trinajstić information content (AvgIpc) is 3.03. The van der Waals surface area contributed by atoms with Crippen molar-refractivity contribution in [2.75, 3.05) is 13.2 Å². The molecule has 2 aromatic rings. The van der Waals surface area contributed by atoms with Crippen LogP contribution in [-0.4, -0.2) is 42.1 Å². The van der Waals surface area contributed by atoms with E-state index in [9.17, 15) is 9.59 Å². The summed E-state index contributed by atoms with van der Waals surface area (Å²) in [6.07, 6.45) is 3.07. The van der Waals surface area contributed by atoms with Crippen LogP contribution in [0.2, 0.25) is 0 Å². The maximum atomic E-state index is 12.6. The lowest BCUT2D eigenvalue weighted by atomic mass is 9.97. The Morgan fingerprint density at radius 3 is 2.59 bits per heavy atom. The van der Waals surface area contributed by atoms with Crippen LogP contribution in [0, 0.1) is 0 Å². The van der Waals surface area contributed by atoms with Crippen LogP contribution in [0.15, 0.2) is 28.7 Å². The number of amides is 1. The number of furan rings is 1. The van der Waals surface area contributed by atoms with E-state index in [0.717, 1.165) is 24.6 Å². The molecule has 3 rings (SSSR count). The van der Waals surface area contributed by atoms with Gasteiger partial charge < -0.3 is 18.8 Å². The zero-order valence-electron chi connectivity index (χ0n) is 16.2. The number of nitrogens with zero attached hydrogens (tertiary/aromatic N) is 1.